The van der Waals surface area contributed by atoms with Crippen LogP contribution < -0.4 is 0 Å². The lowest BCUT2D eigenvalue weighted by Crippen LogP contribution is -1.96. The summed E-state index contributed by atoms with van der Waals surface area (Å²) in [5, 5.41) is 9.76. The summed E-state index contributed by atoms with van der Waals surface area (Å²) in [6.07, 6.45) is 0. The van der Waals surface area contributed by atoms with Crippen molar-refractivity contribution in [1.29, 1.82) is 0 Å². The van der Waals surface area contributed by atoms with Gasteiger partial charge in [0.25, 0.3) is 0 Å². The van der Waals surface area contributed by atoms with Gasteiger partial charge in [-0.1, -0.05) is 11.6 Å². The Balaban J connectivity index is 2.66. The van der Waals surface area contributed by atoms with Gasteiger partial charge >= 0.3 is 0 Å². The molecule has 4 heteroatoms. The van der Waals surface area contributed by atoms with E-state index in [-0.39, 0.29) is 12.4 Å². The molecule has 0 aliphatic carbocycles. The molecule has 1 aromatic heterocycles. The predicted molar refractivity (Wildman–Crippen MR) is 71.2 cm³/mol. The summed E-state index contributed by atoms with van der Waals surface area (Å²) in [7, 11) is 1.87. The van der Waals surface area contributed by atoms with Crippen molar-refractivity contribution < 1.29 is 9.50 Å². The second-order valence-corrected chi connectivity index (χ2v) is 4.85. The number of aliphatic hydroxyl groups is 1. The van der Waals surface area contributed by atoms with E-state index >= 15 is 0 Å². The molecule has 0 saturated heterocycles. The number of rotatable bonds is 2. The van der Waals surface area contributed by atoms with E-state index < -0.39 is 0 Å². The average molecular weight is 268 g/mol. The van der Waals surface area contributed by atoms with Crippen LogP contribution in [0.4, 0.5) is 4.39 Å². The highest BCUT2D eigenvalue weighted by atomic mass is 35.5. The summed E-state index contributed by atoms with van der Waals surface area (Å²) >= 11 is 6.17. The minimum absolute atomic E-state index is 0.0361. The first-order valence-corrected chi connectivity index (χ1v) is 6.05. The van der Waals surface area contributed by atoms with E-state index in [0.29, 0.717) is 16.1 Å². The van der Waals surface area contributed by atoms with E-state index in [1.165, 1.54) is 6.07 Å². The third kappa shape index (κ3) is 2.04. The molecule has 0 bridgehead atoms. The number of benzene rings is 1. The van der Waals surface area contributed by atoms with Crippen molar-refractivity contribution in [2.24, 2.45) is 7.05 Å². The van der Waals surface area contributed by atoms with Crippen LogP contribution in [0.3, 0.4) is 0 Å². The fraction of sp³-hybridized carbons (Fsp3) is 0.286. The molecule has 0 aliphatic heterocycles. The molecule has 1 aromatic carbocycles. The van der Waals surface area contributed by atoms with Crippen LogP contribution in [0.2, 0.25) is 5.02 Å². The highest BCUT2D eigenvalue weighted by molar-refractivity contribution is 6.33. The van der Waals surface area contributed by atoms with Crippen LogP contribution in [0.15, 0.2) is 18.2 Å². The van der Waals surface area contributed by atoms with Gasteiger partial charge in [-0.05, 0) is 43.2 Å². The Morgan fingerprint density at radius 1 is 1.28 bits per heavy atom. The molecule has 96 valence electrons. The lowest BCUT2D eigenvalue weighted by atomic mass is 10.1. The second-order valence-electron chi connectivity index (χ2n) is 4.44. The van der Waals surface area contributed by atoms with Gasteiger partial charge in [0.05, 0.1) is 11.6 Å². The van der Waals surface area contributed by atoms with Gasteiger partial charge < -0.3 is 9.67 Å². The van der Waals surface area contributed by atoms with Crippen LogP contribution >= 0.6 is 11.6 Å². The molecular weight excluding hydrogens is 253 g/mol. The first-order valence-electron chi connectivity index (χ1n) is 5.67. The number of hydrogen-bond acceptors (Lipinski definition) is 1. The zero-order valence-electron chi connectivity index (χ0n) is 10.6. The minimum atomic E-state index is -0.279. The molecule has 0 atom stereocenters. The Morgan fingerprint density at radius 2 is 1.94 bits per heavy atom. The third-order valence-corrected chi connectivity index (χ3v) is 3.65. The maximum Gasteiger partial charge on any atom is 0.126 e. The molecule has 0 aliphatic rings. The smallest absolute Gasteiger partial charge is 0.126 e. The molecule has 2 rings (SSSR count). The molecule has 0 radical (unpaired) electrons. The van der Waals surface area contributed by atoms with Crippen LogP contribution in [0.1, 0.15) is 16.8 Å². The van der Waals surface area contributed by atoms with Gasteiger partial charge in [0, 0.05) is 24.0 Å². The fourth-order valence-electron chi connectivity index (χ4n) is 2.02. The SMILES string of the molecule is Cc1cc(Cl)c(-c2cc(CO)c(C)n2C)cc1F. The van der Waals surface area contributed by atoms with Crippen molar-refractivity contribution >= 4 is 11.6 Å². The normalized spacial score (nSPS) is 11.0. The quantitative estimate of drug-likeness (QED) is 0.884. The molecule has 0 spiro atoms. The number of aliphatic hydroxyl groups excluding tert-OH is 1. The van der Waals surface area contributed by atoms with E-state index in [2.05, 4.69) is 0 Å². The van der Waals surface area contributed by atoms with Crippen molar-refractivity contribution in [3.05, 3.63) is 45.9 Å². The molecule has 2 nitrogen and oxygen atoms in total. The van der Waals surface area contributed by atoms with Crippen LogP contribution in [0.25, 0.3) is 11.3 Å². The third-order valence-electron chi connectivity index (χ3n) is 3.33. The highest BCUT2D eigenvalue weighted by Crippen LogP contribution is 2.32. The lowest BCUT2D eigenvalue weighted by Gasteiger charge is -2.09. The van der Waals surface area contributed by atoms with E-state index in [1.54, 1.807) is 13.0 Å². The summed E-state index contributed by atoms with van der Waals surface area (Å²) in [6, 6.07) is 4.89. The van der Waals surface area contributed by atoms with Crippen molar-refractivity contribution in [2.45, 2.75) is 20.5 Å². The van der Waals surface area contributed by atoms with Crippen molar-refractivity contribution in [1.82, 2.24) is 4.57 Å². The summed E-state index contributed by atoms with van der Waals surface area (Å²) in [6.45, 7) is 3.56. The van der Waals surface area contributed by atoms with Crippen LogP contribution in [0.5, 0.6) is 0 Å². The lowest BCUT2D eigenvalue weighted by molar-refractivity contribution is 0.281. The Bertz CT molecular complexity index is 604. The van der Waals surface area contributed by atoms with Crippen LogP contribution in [0, 0.1) is 19.7 Å². The Morgan fingerprint density at radius 3 is 2.50 bits per heavy atom. The van der Waals surface area contributed by atoms with Gasteiger partial charge in [0.15, 0.2) is 0 Å². The summed E-state index contributed by atoms with van der Waals surface area (Å²) in [4.78, 5) is 0. The van der Waals surface area contributed by atoms with Crippen LogP contribution in [-0.2, 0) is 13.7 Å². The molecule has 0 amide bonds. The molecule has 18 heavy (non-hydrogen) atoms. The van der Waals surface area contributed by atoms with Crippen molar-refractivity contribution in [2.75, 3.05) is 0 Å². The maximum absolute atomic E-state index is 13.6. The number of halogens is 2. The second kappa shape index (κ2) is 4.75. The molecule has 1 heterocycles. The largest absolute Gasteiger partial charge is 0.392 e. The zero-order valence-corrected chi connectivity index (χ0v) is 11.3. The van der Waals surface area contributed by atoms with E-state index in [4.69, 9.17) is 11.6 Å². The van der Waals surface area contributed by atoms with Gasteiger partial charge in [0.2, 0.25) is 0 Å². The topological polar surface area (TPSA) is 25.2 Å². The van der Waals surface area contributed by atoms with E-state index in [9.17, 15) is 9.50 Å². The molecular formula is C14H15ClFNO. The number of aromatic nitrogens is 1. The summed E-state index contributed by atoms with van der Waals surface area (Å²) in [5.74, 6) is -0.279. The summed E-state index contributed by atoms with van der Waals surface area (Å²) < 4.78 is 15.6. The van der Waals surface area contributed by atoms with Gasteiger partial charge in [-0.15, -0.1) is 0 Å². The standard InChI is InChI=1S/C14H15ClFNO/c1-8-4-12(15)11(6-13(8)16)14-5-10(7-18)9(2)17(14)3/h4-6,18H,7H2,1-3H3. The molecule has 1 N–H and O–H groups in total. The Labute approximate surface area is 111 Å². The predicted octanol–water partition coefficient (Wildman–Crippen LogP) is 3.59. The average Bonchev–Trinajstić information content (AvgIpc) is 2.61. The highest BCUT2D eigenvalue weighted by Gasteiger charge is 2.14. The molecule has 0 unspecified atom stereocenters. The zero-order chi connectivity index (χ0) is 13.4. The van der Waals surface area contributed by atoms with Gasteiger partial charge in [-0.25, -0.2) is 4.39 Å². The van der Waals surface area contributed by atoms with Crippen molar-refractivity contribution in [3.63, 3.8) is 0 Å². The molecule has 2 aromatic rings. The van der Waals surface area contributed by atoms with Gasteiger partial charge in [-0.3, -0.25) is 0 Å². The Hall–Kier alpha value is -1.32. The monoisotopic (exact) mass is 267 g/mol. The number of nitrogens with zero attached hydrogens (tertiary/aromatic N) is 1. The maximum atomic E-state index is 13.6. The van der Waals surface area contributed by atoms with E-state index in [1.807, 2.05) is 24.6 Å². The first-order chi connectivity index (χ1) is 8.45. The van der Waals surface area contributed by atoms with Gasteiger partial charge in [0.1, 0.15) is 5.82 Å². The molecule has 0 saturated carbocycles. The fourth-order valence-corrected chi connectivity index (χ4v) is 2.34. The molecule has 0 fully saturated rings. The summed E-state index contributed by atoms with van der Waals surface area (Å²) in [5.41, 5.74) is 3.75. The number of hydrogen-bond donors (Lipinski definition) is 1. The van der Waals surface area contributed by atoms with Crippen molar-refractivity contribution in [3.8, 4) is 11.3 Å². The Kier molecular flexibility index (Phi) is 3.46. The van der Waals surface area contributed by atoms with Gasteiger partial charge in [-0.2, -0.15) is 0 Å². The minimum Gasteiger partial charge on any atom is -0.392 e. The number of aryl methyl sites for hydroxylation is 1. The first kappa shape index (κ1) is 13.1. The van der Waals surface area contributed by atoms with E-state index in [0.717, 1.165) is 17.0 Å². The van der Waals surface area contributed by atoms with Crippen LogP contribution in [-0.4, -0.2) is 9.67 Å².